The first-order valence-electron chi connectivity index (χ1n) is 5.19. The van der Waals surface area contributed by atoms with Crippen LogP contribution in [0.2, 0.25) is 0 Å². The lowest BCUT2D eigenvalue weighted by atomic mass is 10.1. The normalized spacial score (nSPS) is 10.4. The molecule has 3 rings (SSSR count). The van der Waals surface area contributed by atoms with Crippen LogP contribution in [0.15, 0.2) is 48.7 Å². The predicted molar refractivity (Wildman–Crippen MR) is 62.8 cm³/mol. The minimum Gasteiger partial charge on any atom is -0.252 e. The van der Waals surface area contributed by atoms with Gasteiger partial charge < -0.3 is 0 Å². The highest BCUT2D eigenvalue weighted by Gasteiger charge is 2.04. The third-order valence-electron chi connectivity index (χ3n) is 2.45. The van der Waals surface area contributed by atoms with Gasteiger partial charge in [0.15, 0.2) is 0 Å². The van der Waals surface area contributed by atoms with Crippen LogP contribution in [0.3, 0.4) is 0 Å². The molecule has 82 valence electrons. The maximum atomic E-state index is 4.31. The van der Waals surface area contributed by atoms with E-state index < -0.39 is 0 Å². The lowest BCUT2D eigenvalue weighted by Gasteiger charge is -2.00. The minimum absolute atomic E-state index is 0.504. The fourth-order valence-electron chi connectivity index (χ4n) is 1.60. The quantitative estimate of drug-likeness (QED) is 0.720. The summed E-state index contributed by atoms with van der Waals surface area (Å²) < 4.78 is 0. The summed E-state index contributed by atoms with van der Waals surface area (Å²) in [6, 6.07) is 14.0. The van der Waals surface area contributed by atoms with Gasteiger partial charge in [0, 0.05) is 11.8 Å². The van der Waals surface area contributed by atoms with Crippen molar-refractivity contribution >= 4 is 0 Å². The Morgan fingerprint density at radius 2 is 1.76 bits per heavy atom. The topological polar surface area (TPSA) is 67.3 Å². The fraction of sp³-hybridized carbons (Fsp3) is 0. The number of hydrogen-bond acceptors (Lipinski definition) is 4. The average molecular weight is 223 g/mol. The smallest absolute Gasteiger partial charge is 0.222 e. The van der Waals surface area contributed by atoms with E-state index in [0.717, 1.165) is 11.1 Å². The van der Waals surface area contributed by atoms with Crippen molar-refractivity contribution in [2.45, 2.75) is 0 Å². The van der Waals surface area contributed by atoms with Crippen LogP contribution in [0.4, 0.5) is 0 Å². The number of hydrogen-bond donors (Lipinski definition) is 1. The molecule has 0 amide bonds. The second-order valence-electron chi connectivity index (χ2n) is 3.53. The molecule has 0 saturated carbocycles. The summed E-state index contributed by atoms with van der Waals surface area (Å²) in [5.74, 6) is 0.504. The van der Waals surface area contributed by atoms with Crippen LogP contribution in [0, 0.1) is 0 Å². The number of H-pyrrole nitrogens is 1. The average Bonchev–Trinajstić information content (AvgIpc) is 2.94. The molecular formula is C12H9N5. The third kappa shape index (κ3) is 1.90. The molecule has 0 bridgehead atoms. The first-order chi connectivity index (χ1) is 8.43. The molecule has 5 nitrogen and oxygen atoms in total. The number of rotatable bonds is 2. The Hall–Kier alpha value is -2.56. The van der Waals surface area contributed by atoms with Crippen molar-refractivity contribution in [3.05, 3.63) is 48.7 Å². The summed E-state index contributed by atoms with van der Waals surface area (Å²) in [6.07, 6.45) is 1.81. The monoisotopic (exact) mass is 223 g/mol. The second-order valence-corrected chi connectivity index (χ2v) is 3.53. The lowest BCUT2D eigenvalue weighted by molar-refractivity contribution is 0.881. The van der Waals surface area contributed by atoms with Gasteiger partial charge in [-0.15, -0.1) is 10.2 Å². The first kappa shape index (κ1) is 9.65. The molecule has 0 fully saturated rings. The Labute approximate surface area is 97.5 Å². The van der Waals surface area contributed by atoms with E-state index in [1.807, 2.05) is 42.5 Å². The van der Waals surface area contributed by atoms with E-state index in [2.05, 4.69) is 25.6 Å². The first-order valence-corrected chi connectivity index (χ1v) is 5.19. The van der Waals surface area contributed by atoms with Crippen molar-refractivity contribution < 1.29 is 0 Å². The number of nitrogens with zero attached hydrogens (tertiary/aromatic N) is 4. The molecule has 1 aromatic carbocycles. The molecule has 2 aromatic heterocycles. The van der Waals surface area contributed by atoms with E-state index in [0.29, 0.717) is 11.5 Å². The summed E-state index contributed by atoms with van der Waals surface area (Å²) in [5.41, 5.74) is 2.91. The summed E-state index contributed by atoms with van der Waals surface area (Å²) in [6.45, 7) is 0. The van der Waals surface area contributed by atoms with Crippen molar-refractivity contribution in [2.24, 2.45) is 0 Å². The number of aromatic nitrogens is 5. The lowest BCUT2D eigenvalue weighted by Crippen LogP contribution is -1.87. The van der Waals surface area contributed by atoms with Crippen molar-refractivity contribution in [3.8, 4) is 22.6 Å². The molecular weight excluding hydrogens is 214 g/mol. The largest absolute Gasteiger partial charge is 0.252 e. The molecule has 0 spiro atoms. The maximum absolute atomic E-state index is 4.31. The van der Waals surface area contributed by atoms with Gasteiger partial charge in [0.1, 0.15) is 5.69 Å². The zero-order valence-electron chi connectivity index (χ0n) is 8.91. The standard InChI is InChI=1S/C12H9N5/c1-2-4-9(5-3-1)10-6-7-11(13-8-10)12-14-16-17-15-12/h1-8H,(H,14,15,16,17). The number of nitrogens with one attached hydrogen (secondary N) is 1. The van der Waals surface area contributed by atoms with Gasteiger partial charge in [0.05, 0.1) is 0 Å². The summed E-state index contributed by atoms with van der Waals surface area (Å²) in [7, 11) is 0. The molecule has 0 aliphatic heterocycles. The van der Waals surface area contributed by atoms with Gasteiger partial charge in [-0.2, -0.15) is 5.21 Å². The number of aromatic amines is 1. The molecule has 2 heterocycles. The summed E-state index contributed by atoms with van der Waals surface area (Å²) in [4.78, 5) is 4.31. The van der Waals surface area contributed by atoms with Crippen LogP contribution in [0.25, 0.3) is 22.6 Å². The van der Waals surface area contributed by atoms with Crippen LogP contribution in [-0.4, -0.2) is 25.6 Å². The Bertz CT molecular complexity index is 587. The van der Waals surface area contributed by atoms with Gasteiger partial charge in [-0.25, -0.2) is 0 Å². The molecule has 3 aromatic rings. The highest BCUT2D eigenvalue weighted by molar-refractivity contribution is 5.64. The Balaban J connectivity index is 1.96. The second kappa shape index (κ2) is 4.13. The summed E-state index contributed by atoms with van der Waals surface area (Å²) >= 11 is 0. The van der Waals surface area contributed by atoms with Gasteiger partial charge >= 0.3 is 0 Å². The fourth-order valence-corrected chi connectivity index (χ4v) is 1.60. The van der Waals surface area contributed by atoms with Crippen LogP contribution >= 0.6 is 0 Å². The predicted octanol–water partition coefficient (Wildman–Crippen LogP) is 1.93. The molecule has 0 aliphatic carbocycles. The number of pyridine rings is 1. The van der Waals surface area contributed by atoms with Crippen molar-refractivity contribution in [3.63, 3.8) is 0 Å². The zero-order chi connectivity index (χ0) is 11.5. The minimum atomic E-state index is 0.504. The molecule has 5 heteroatoms. The van der Waals surface area contributed by atoms with E-state index in [9.17, 15) is 0 Å². The molecule has 0 saturated heterocycles. The Kier molecular flexibility index (Phi) is 2.34. The summed E-state index contributed by atoms with van der Waals surface area (Å²) in [5, 5.41) is 13.7. The highest BCUT2D eigenvalue weighted by Crippen LogP contribution is 2.19. The zero-order valence-corrected chi connectivity index (χ0v) is 8.91. The van der Waals surface area contributed by atoms with Gasteiger partial charge in [0.25, 0.3) is 0 Å². The Morgan fingerprint density at radius 1 is 0.882 bits per heavy atom. The highest BCUT2D eigenvalue weighted by atomic mass is 15.5. The van der Waals surface area contributed by atoms with E-state index >= 15 is 0 Å². The Morgan fingerprint density at radius 3 is 2.41 bits per heavy atom. The van der Waals surface area contributed by atoms with E-state index in [4.69, 9.17) is 0 Å². The van der Waals surface area contributed by atoms with Crippen LogP contribution in [0.5, 0.6) is 0 Å². The van der Waals surface area contributed by atoms with E-state index in [1.165, 1.54) is 0 Å². The van der Waals surface area contributed by atoms with Gasteiger partial charge in [-0.05, 0) is 16.8 Å². The van der Waals surface area contributed by atoms with Gasteiger partial charge in [-0.1, -0.05) is 36.4 Å². The van der Waals surface area contributed by atoms with Crippen molar-refractivity contribution in [1.29, 1.82) is 0 Å². The molecule has 1 N–H and O–H groups in total. The molecule has 0 unspecified atom stereocenters. The molecule has 0 aliphatic rings. The SMILES string of the molecule is c1ccc(-c2ccc(-c3nn[nH]n3)nc2)cc1. The molecule has 17 heavy (non-hydrogen) atoms. The van der Waals surface area contributed by atoms with E-state index in [-0.39, 0.29) is 0 Å². The number of benzene rings is 1. The van der Waals surface area contributed by atoms with Crippen LogP contribution < -0.4 is 0 Å². The van der Waals surface area contributed by atoms with Crippen molar-refractivity contribution in [2.75, 3.05) is 0 Å². The third-order valence-corrected chi connectivity index (χ3v) is 2.45. The van der Waals surface area contributed by atoms with Crippen molar-refractivity contribution in [1.82, 2.24) is 25.6 Å². The maximum Gasteiger partial charge on any atom is 0.222 e. The molecule has 0 radical (unpaired) electrons. The van der Waals surface area contributed by atoms with Gasteiger partial charge in [0.2, 0.25) is 5.82 Å². The van der Waals surface area contributed by atoms with Gasteiger partial charge in [-0.3, -0.25) is 4.98 Å². The van der Waals surface area contributed by atoms with Crippen LogP contribution in [0.1, 0.15) is 0 Å². The van der Waals surface area contributed by atoms with Crippen LogP contribution in [-0.2, 0) is 0 Å². The molecule has 0 atom stereocenters. The number of tetrazole rings is 1. The van der Waals surface area contributed by atoms with E-state index in [1.54, 1.807) is 6.20 Å².